The first-order valence-electron chi connectivity index (χ1n) is 11.5. The number of rotatable bonds is 8. The summed E-state index contributed by atoms with van der Waals surface area (Å²) < 4.78 is 5.22. The van der Waals surface area contributed by atoms with E-state index in [0.29, 0.717) is 11.3 Å². The van der Waals surface area contributed by atoms with Gasteiger partial charge in [-0.25, -0.2) is 4.98 Å². The van der Waals surface area contributed by atoms with Crippen molar-refractivity contribution in [3.8, 4) is 17.1 Å². The fraction of sp³-hybridized carbons (Fsp3) is 0.103. The monoisotopic (exact) mass is 462 g/mol. The molecule has 0 saturated heterocycles. The molecule has 0 aliphatic rings. The second-order valence-corrected chi connectivity index (χ2v) is 8.24. The van der Waals surface area contributed by atoms with Crippen molar-refractivity contribution in [2.45, 2.75) is 6.42 Å². The Morgan fingerprint density at radius 2 is 1.63 bits per heavy atom. The molecule has 0 saturated carbocycles. The van der Waals surface area contributed by atoms with Crippen LogP contribution in [0.25, 0.3) is 22.4 Å². The molecule has 5 rings (SSSR count). The lowest BCUT2D eigenvalue weighted by Crippen LogP contribution is -2.12. The summed E-state index contributed by atoms with van der Waals surface area (Å²) in [5.41, 5.74) is 6.24. The van der Waals surface area contributed by atoms with Crippen LogP contribution in [0.2, 0.25) is 0 Å². The van der Waals surface area contributed by atoms with Gasteiger partial charge in [0.1, 0.15) is 11.6 Å². The molecule has 0 spiro atoms. The zero-order valence-corrected chi connectivity index (χ0v) is 19.4. The molecule has 0 fully saturated rings. The molecular weight excluding hydrogens is 436 g/mol. The van der Waals surface area contributed by atoms with E-state index in [-0.39, 0.29) is 5.91 Å². The van der Waals surface area contributed by atoms with Crippen molar-refractivity contribution in [2.24, 2.45) is 0 Å². The van der Waals surface area contributed by atoms with E-state index in [1.807, 2.05) is 84.9 Å². The predicted octanol–water partition coefficient (Wildman–Crippen LogP) is 6.15. The molecular formula is C29H26N4O2. The molecule has 174 valence electrons. The Morgan fingerprint density at radius 1 is 0.886 bits per heavy atom. The fourth-order valence-corrected chi connectivity index (χ4v) is 3.91. The second kappa shape index (κ2) is 10.1. The Labute approximate surface area is 204 Å². The summed E-state index contributed by atoms with van der Waals surface area (Å²) in [6.07, 6.45) is 0.944. The van der Waals surface area contributed by atoms with Gasteiger partial charge in [0.2, 0.25) is 0 Å². The number of nitrogens with zero attached hydrogens (tertiary/aromatic N) is 1. The van der Waals surface area contributed by atoms with Crippen LogP contribution in [0.15, 0.2) is 97.1 Å². The van der Waals surface area contributed by atoms with Crippen molar-refractivity contribution in [3.63, 3.8) is 0 Å². The summed E-state index contributed by atoms with van der Waals surface area (Å²) in [6, 6.07) is 31.2. The molecule has 5 aromatic rings. The highest BCUT2D eigenvalue weighted by molar-refractivity contribution is 6.05. The first kappa shape index (κ1) is 22.2. The SMILES string of the molecule is COc1ccc(-c2nc3ccc(NC(=O)c4ccc(NCCc5ccccc5)cc4)cc3[nH]2)cc1. The van der Waals surface area contributed by atoms with E-state index < -0.39 is 0 Å². The van der Waals surface area contributed by atoms with E-state index in [4.69, 9.17) is 4.74 Å². The maximum absolute atomic E-state index is 12.8. The number of H-pyrrole nitrogens is 1. The Balaban J connectivity index is 1.21. The molecule has 1 aromatic heterocycles. The zero-order valence-electron chi connectivity index (χ0n) is 19.4. The average Bonchev–Trinajstić information content (AvgIpc) is 3.33. The van der Waals surface area contributed by atoms with Crippen LogP contribution in [-0.4, -0.2) is 29.5 Å². The number of carbonyl (C=O) groups is 1. The highest BCUT2D eigenvalue weighted by Gasteiger charge is 2.10. The van der Waals surface area contributed by atoms with Gasteiger partial charge in [0, 0.05) is 29.0 Å². The maximum Gasteiger partial charge on any atom is 0.255 e. The molecule has 6 nitrogen and oxygen atoms in total. The molecule has 1 amide bonds. The normalized spacial score (nSPS) is 10.8. The van der Waals surface area contributed by atoms with Crippen LogP contribution in [0.4, 0.5) is 11.4 Å². The zero-order chi connectivity index (χ0) is 24.0. The average molecular weight is 463 g/mol. The van der Waals surface area contributed by atoms with Gasteiger partial charge in [0.25, 0.3) is 5.91 Å². The van der Waals surface area contributed by atoms with Crippen molar-refractivity contribution in [1.82, 2.24) is 9.97 Å². The second-order valence-electron chi connectivity index (χ2n) is 8.24. The van der Waals surface area contributed by atoms with Gasteiger partial charge in [-0.2, -0.15) is 0 Å². The van der Waals surface area contributed by atoms with Crippen LogP contribution >= 0.6 is 0 Å². The number of anilines is 2. The van der Waals surface area contributed by atoms with E-state index in [0.717, 1.165) is 46.8 Å². The number of nitrogens with one attached hydrogen (secondary N) is 3. The third-order valence-corrected chi connectivity index (χ3v) is 5.84. The molecule has 6 heteroatoms. The summed E-state index contributed by atoms with van der Waals surface area (Å²) in [7, 11) is 1.64. The number of hydrogen-bond acceptors (Lipinski definition) is 4. The molecule has 0 aliphatic carbocycles. The summed E-state index contributed by atoms with van der Waals surface area (Å²) >= 11 is 0. The van der Waals surface area contributed by atoms with Crippen molar-refractivity contribution < 1.29 is 9.53 Å². The molecule has 4 aromatic carbocycles. The van der Waals surface area contributed by atoms with Crippen LogP contribution in [0.1, 0.15) is 15.9 Å². The van der Waals surface area contributed by atoms with Crippen LogP contribution < -0.4 is 15.4 Å². The van der Waals surface area contributed by atoms with Gasteiger partial charge in [-0.05, 0) is 78.7 Å². The van der Waals surface area contributed by atoms with Crippen LogP contribution in [-0.2, 0) is 6.42 Å². The Kier molecular flexibility index (Phi) is 6.44. The third kappa shape index (κ3) is 5.33. The van der Waals surface area contributed by atoms with Crippen LogP contribution in [0, 0.1) is 0 Å². The Morgan fingerprint density at radius 3 is 2.37 bits per heavy atom. The summed E-state index contributed by atoms with van der Waals surface area (Å²) in [5.74, 6) is 1.41. The van der Waals surface area contributed by atoms with Gasteiger partial charge >= 0.3 is 0 Å². The lowest BCUT2D eigenvalue weighted by atomic mass is 10.1. The summed E-state index contributed by atoms with van der Waals surface area (Å²) in [5, 5.41) is 6.38. The lowest BCUT2D eigenvalue weighted by Gasteiger charge is -2.08. The standard InChI is InChI=1S/C29H26N4O2/c1-35-25-14-9-21(10-15-25)28-32-26-16-13-24(19-27(26)33-28)31-29(34)22-7-11-23(12-8-22)30-18-17-20-5-3-2-4-6-20/h2-16,19,30H,17-18H2,1H3,(H,31,34)(H,32,33). The van der Waals surface area contributed by atoms with Gasteiger partial charge in [0.15, 0.2) is 0 Å². The first-order chi connectivity index (χ1) is 17.2. The lowest BCUT2D eigenvalue weighted by molar-refractivity contribution is 0.102. The number of hydrogen-bond donors (Lipinski definition) is 3. The topological polar surface area (TPSA) is 79.0 Å². The van der Waals surface area contributed by atoms with E-state index in [1.165, 1.54) is 5.56 Å². The number of benzene rings is 4. The minimum Gasteiger partial charge on any atom is -0.497 e. The van der Waals surface area contributed by atoms with Gasteiger partial charge in [-0.15, -0.1) is 0 Å². The number of carbonyl (C=O) groups excluding carboxylic acids is 1. The van der Waals surface area contributed by atoms with Crippen molar-refractivity contribution in [2.75, 3.05) is 24.3 Å². The minimum absolute atomic E-state index is 0.157. The third-order valence-electron chi connectivity index (χ3n) is 5.84. The van der Waals surface area contributed by atoms with Crippen LogP contribution in [0.5, 0.6) is 5.75 Å². The highest BCUT2D eigenvalue weighted by atomic mass is 16.5. The summed E-state index contributed by atoms with van der Waals surface area (Å²) in [4.78, 5) is 20.8. The first-order valence-corrected chi connectivity index (χ1v) is 11.5. The highest BCUT2D eigenvalue weighted by Crippen LogP contribution is 2.25. The predicted molar refractivity (Wildman–Crippen MR) is 141 cm³/mol. The van der Waals surface area contributed by atoms with E-state index in [2.05, 4.69) is 32.7 Å². The minimum atomic E-state index is -0.157. The number of aromatic amines is 1. The quantitative estimate of drug-likeness (QED) is 0.259. The molecule has 1 heterocycles. The van der Waals surface area contributed by atoms with E-state index >= 15 is 0 Å². The molecule has 3 N–H and O–H groups in total. The van der Waals surface area contributed by atoms with Crippen LogP contribution in [0.3, 0.4) is 0 Å². The van der Waals surface area contributed by atoms with Gasteiger partial charge in [0.05, 0.1) is 18.1 Å². The van der Waals surface area contributed by atoms with E-state index in [1.54, 1.807) is 7.11 Å². The number of imidazole rings is 1. The maximum atomic E-state index is 12.8. The number of fused-ring (bicyclic) bond motifs is 1. The molecule has 0 atom stereocenters. The largest absolute Gasteiger partial charge is 0.497 e. The Bertz CT molecular complexity index is 1430. The number of amides is 1. The number of ether oxygens (including phenoxy) is 1. The van der Waals surface area contributed by atoms with Gasteiger partial charge < -0.3 is 20.4 Å². The number of methoxy groups -OCH3 is 1. The molecule has 0 radical (unpaired) electrons. The molecule has 35 heavy (non-hydrogen) atoms. The number of aromatic nitrogens is 2. The van der Waals surface area contributed by atoms with Crippen molar-refractivity contribution in [3.05, 3.63) is 108 Å². The van der Waals surface area contributed by atoms with Crippen molar-refractivity contribution in [1.29, 1.82) is 0 Å². The Hall–Kier alpha value is -4.58. The summed E-state index contributed by atoms with van der Waals surface area (Å²) in [6.45, 7) is 0.832. The fourth-order valence-electron chi connectivity index (χ4n) is 3.91. The van der Waals surface area contributed by atoms with Gasteiger partial charge in [-0.3, -0.25) is 4.79 Å². The molecule has 0 bridgehead atoms. The smallest absolute Gasteiger partial charge is 0.255 e. The molecule has 0 unspecified atom stereocenters. The van der Waals surface area contributed by atoms with Gasteiger partial charge in [-0.1, -0.05) is 30.3 Å². The van der Waals surface area contributed by atoms with E-state index in [9.17, 15) is 4.79 Å². The molecule has 0 aliphatic heterocycles. The van der Waals surface area contributed by atoms with Crippen molar-refractivity contribution >= 4 is 28.3 Å².